The van der Waals surface area contributed by atoms with Crippen molar-refractivity contribution >= 4 is 10.9 Å². The van der Waals surface area contributed by atoms with E-state index in [1.54, 1.807) is 12.1 Å². The molecule has 1 nitrogen and oxygen atoms in total. The number of alkyl halides is 3. The summed E-state index contributed by atoms with van der Waals surface area (Å²) in [6.07, 6.45) is 1.26. The number of allylic oxidation sites excluding steroid dienone is 2. The lowest BCUT2D eigenvalue weighted by atomic mass is 9.73. The molecule has 0 N–H and O–H groups in total. The number of fused-ring (bicyclic) bond motifs is 6. The summed E-state index contributed by atoms with van der Waals surface area (Å²) in [7, 11) is 2.09. The van der Waals surface area contributed by atoms with Crippen LogP contribution in [0.25, 0.3) is 10.9 Å². The lowest BCUT2D eigenvalue weighted by Crippen LogP contribution is -2.20. The molecule has 132 valence electrons. The molecule has 2 aliphatic carbocycles. The number of aryl methyl sites for hydroxylation is 1. The summed E-state index contributed by atoms with van der Waals surface area (Å²) in [5.74, 6) is 0.849. The summed E-state index contributed by atoms with van der Waals surface area (Å²) in [5, 5.41) is 1.22. The number of aromatic nitrogens is 1. The Morgan fingerprint density at radius 3 is 2.42 bits per heavy atom. The van der Waals surface area contributed by atoms with Gasteiger partial charge in [0.05, 0.1) is 5.56 Å². The lowest BCUT2D eigenvalue weighted by molar-refractivity contribution is -0.137. The minimum atomic E-state index is -4.30. The fourth-order valence-corrected chi connectivity index (χ4v) is 4.90. The van der Waals surface area contributed by atoms with E-state index in [1.807, 2.05) is 12.1 Å². The Bertz CT molecular complexity index is 1020. The van der Waals surface area contributed by atoms with Crippen LogP contribution in [0.15, 0.2) is 60.7 Å². The highest BCUT2D eigenvalue weighted by Gasteiger charge is 2.41. The summed E-state index contributed by atoms with van der Waals surface area (Å²) in [5.41, 5.74) is 4.16. The van der Waals surface area contributed by atoms with Crippen molar-refractivity contribution in [2.45, 2.75) is 24.4 Å². The summed E-state index contributed by atoms with van der Waals surface area (Å²) < 4.78 is 41.1. The van der Waals surface area contributed by atoms with Crippen LogP contribution in [0.5, 0.6) is 0 Å². The van der Waals surface area contributed by atoms with Crippen LogP contribution < -0.4 is 0 Å². The Hall–Kier alpha value is -2.49. The van der Waals surface area contributed by atoms with Crippen LogP contribution in [0, 0.1) is 5.92 Å². The van der Waals surface area contributed by atoms with Crippen LogP contribution in [0.2, 0.25) is 0 Å². The zero-order chi connectivity index (χ0) is 18.1. The largest absolute Gasteiger partial charge is 0.416 e. The average Bonchev–Trinajstić information content (AvgIpc) is 3.16. The van der Waals surface area contributed by atoms with E-state index < -0.39 is 11.7 Å². The second kappa shape index (κ2) is 5.26. The first-order valence-corrected chi connectivity index (χ1v) is 8.88. The van der Waals surface area contributed by atoms with Crippen molar-refractivity contribution in [1.29, 1.82) is 0 Å². The van der Waals surface area contributed by atoms with E-state index in [-0.39, 0.29) is 5.92 Å². The van der Waals surface area contributed by atoms with Gasteiger partial charge in [-0.05, 0) is 41.7 Å². The standard InChI is InChI=1S/C22H18F3N/c1-26-18-5-3-2-4-17(18)20-19(14-6-7-15(12-14)21(20)26)13-8-10-16(11-9-13)22(23,24)25/h2-11,14-15,19H,12H2,1H3/t14-,15+,19+/m1/s1. The molecular weight excluding hydrogens is 335 g/mol. The van der Waals surface area contributed by atoms with Crippen molar-refractivity contribution in [3.05, 3.63) is 83.1 Å². The number of hydrogen-bond acceptors (Lipinski definition) is 0. The molecule has 0 amide bonds. The van der Waals surface area contributed by atoms with Gasteiger partial charge in [0.1, 0.15) is 0 Å². The molecule has 0 aliphatic heterocycles. The first kappa shape index (κ1) is 15.7. The zero-order valence-electron chi connectivity index (χ0n) is 14.3. The number of rotatable bonds is 1. The molecule has 3 aromatic rings. The van der Waals surface area contributed by atoms with Crippen LogP contribution >= 0.6 is 0 Å². The Labute approximate surface area is 149 Å². The van der Waals surface area contributed by atoms with E-state index in [1.165, 1.54) is 34.3 Å². The molecule has 1 aromatic heterocycles. The van der Waals surface area contributed by atoms with E-state index in [0.29, 0.717) is 11.8 Å². The molecule has 4 heteroatoms. The SMILES string of the molecule is Cn1c2c(c3ccccc31)[C@@H](c1ccc(C(F)(F)F)cc1)[C@@H]1C=C[C@H]2C1. The van der Waals surface area contributed by atoms with E-state index in [0.717, 1.165) is 12.0 Å². The molecule has 2 bridgehead atoms. The normalized spacial score (nSPS) is 24.2. The minimum absolute atomic E-state index is 0.105. The number of para-hydroxylation sites is 1. The van der Waals surface area contributed by atoms with Crippen LogP contribution in [-0.4, -0.2) is 4.57 Å². The summed E-state index contributed by atoms with van der Waals surface area (Å²) in [6.45, 7) is 0. The minimum Gasteiger partial charge on any atom is -0.347 e. The van der Waals surface area contributed by atoms with Gasteiger partial charge in [0.25, 0.3) is 0 Å². The van der Waals surface area contributed by atoms with Gasteiger partial charge in [-0.25, -0.2) is 0 Å². The van der Waals surface area contributed by atoms with Crippen molar-refractivity contribution in [3.63, 3.8) is 0 Å². The summed E-state index contributed by atoms with van der Waals surface area (Å²) >= 11 is 0. The van der Waals surface area contributed by atoms with Crippen molar-refractivity contribution < 1.29 is 13.2 Å². The molecule has 5 rings (SSSR count). The molecule has 0 saturated carbocycles. The Kier molecular flexibility index (Phi) is 3.18. The molecule has 0 radical (unpaired) electrons. The van der Waals surface area contributed by atoms with Gasteiger partial charge in [0, 0.05) is 35.5 Å². The van der Waals surface area contributed by atoms with Gasteiger partial charge in [0.2, 0.25) is 0 Å². The molecule has 0 fully saturated rings. The first-order valence-electron chi connectivity index (χ1n) is 8.88. The maximum atomic E-state index is 12.9. The molecule has 0 unspecified atom stereocenters. The molecule has 2 aliphatic rings. The molecule has 2 aromatic carbocycles. The van der Waals surface area contributed by atoms with Gasteiger partial charge in [-0.15, -0.1) is 0 Å². The lowest BCUT2D eigenvalue weighted by Gasteiger charge is -2.31. The second-order valence-electron chi connectivity index (χ2n) is 7.36. The van der Waals surface area contributed by atoms with Crippen molar-refractivity contribution in [2.24, 2.45) is 13.0 Å². The van der Waals surface area contributed by atoms with Gasteiger partial charge >= 0.3 is 6.18 Å². The quantitative estimate of drug-likeness (QED) is 0.473. The third-order valence-corrected chi connectivity index (χ3v) is 6.00. The average molecular weight is 353 g/mol. The van der Waals surface area contributed by atoms with Gasteiger partial charge in [-0.3, -0.25) is 0 Å². The molecule has 0 saturated heterocycles. The van der Waals surface area contributed by atoms with Crippen molar-refractivity contribution in [1.82, 2.24) is 4.57 Å². The highest BCUT2D eigenvalue weighted by Crippen LogP contribution is 2.53. The van der Waals surface area contributed by atoms with Gasteiger partial charge in [-0.2, -0.15) is 13.2 Å². The Balaban J connectivity index is 1.72. The van der Waals surface area contributed by atoms with Crippen LogP contribution in [0.1, 0.15) is 40.6 Å². The maximum absolute atomic E-state index is 12.9. The first-order chi connectivity index (χ1) is 12.4. The zero-order valence-corrected chi connectivity index (χ0v) is 14.3. The molecule has 0 spiro atoms. The van der Waals surface area contributed by atoms with E-state index >= 15 is 0 Å². The van der Waals surface area contributed by atoms with E-state index in [2.05, 4.69) is 35.9 Å². The van der Waals surface area contributed by atoms with Crippen LogP contribution in [0.3, 0.4) is 0 Å². The van der Waals surface area contributed by atoms with Crippen molar-refractivity contribution in [3.8, 4) is 0 Å². The second-order valence-corrected chi connectivity index (χ2v) is 7.36. The summed E-state index contributed by atoms with van der Waals surface area (Å²) in [6, 6.07) is 14.1. The number of hydrogen-bond donors (Lipinski definition) is 0. The highest BCUT2D eigenvalue weighted by molar-refractivity contribution is 5.87. The van der Waals surface area contributed by atoms with E-state index in [9.17, 15) is 13.2 Å². The fraction of sp³-hybridized carbons (Fsp3) is 0.273. The van der Waals surface area contributed by atoms with Crippen molar-refractivity contribution in [2.75, 3.05) is 0 Å². The monoisotopic (exact) mass is 353 g/mol. The predicted molar refractivity (Wildman–Crippen MR) is 96.2 cm³/mol. The molecule has 3 atom stereocenters. The van der Waals surface area contributed by atoms with Gasteiger partial charge in [-0.1, -0.05) is 42.5 Å². The molecule has 1 heterocycles. The maximum Gasteiger partial charge on any atom is 0.416 e. The smallest absolute Gasteiger partial charge is 0.347 e. The predicted octanol–water partition coefficient (Wildman–Crippen LogP) is 6.00. The van der Waals surface area contributed by atoms with Gasteiger partial charge in [0.15, 0.2) is 0 Å². The number of benzene rings is 2. The van der Waals surface area contributed by atoms with Crippen LogP contribution in [-0.2, 0) is 13.2 Å². The van der Waals surface area contributed by atoms with E-state index in [4.69, 9.17) is 0 Å². The molecular formula is C22H18F3N. The third kappa shape index (κ3) is 2.11. The topological polar surface area (TPSA) is 4.93 Å². The highest BCUT2D eigenvalue weighted by atomic mass is 19.4. The van der Waals surface area contributed by atoms with Crippen LogP contribution in [0.4, 0.5) is 13.2 Å². The number of nitrogens with zero attached hydrogens (tertiary/aromatic N) is 1. The third-order valence-electron chi connectivity index (χ3n) is 6.00. The number of halogens is 3. The Morgan fingerprint density at radius 2 is 1.69 bits per heavy atom. The summed E-state index contributed by atoms with van der Waals surface area (Å²) in [4.78, 5) is 0. The fourth-order valence-electron chi connectivity index (χ4n) is 4.90. The molecule has 26 heavy (non-hydrogen) atoms. The Morgan fingerprint density at radius 1 is 0.962 bits per heavy atom. The van der Waals surface area contributed by atoms with Gasteiger partial charge < -0.3 is 4.57 Å².